The van der Waals surface area contributed by atoms with Crippen molar-refractivity contribution in [1.29, 1.82) is 0 Å². The van der Waals surface area contributed by atoms with Crippen molar-refractivity contribution in [3.63, 3.8) is 0 Å². The highest BCUT2D eigenvalue weighted by Gasteiger charge is 2.54. The van der Waals surface area contributed by atoms with Crippen molar-refractivity contribution in [1.82, 2.24) is 9.80 Å². The van der Waals surface area contributed by atoms with Crippen LogP contribution in [0.2, 0.25) is 0 Å². The Kier molecular flexibility index (Phi) is 6.29. The van der Waals surface area contributed by atoms with Gasteiger partial charge in [-0.3, -0.25) is 14.5 Å². The summed E-state index contributed by atoms with van der Waals surface area (Å²) < 4.78 is 6.08. The van der Waals surface area contributed by atoms with Crippen molar-refractivity contribution in [2.24, 2.45) is 0 Å². The zero-order valence-corrected chi connectivity index (χ0v) is 19.2. The molecule has 0 aromatic heterocycles. The van der Waals surface area contributed by atoms with Crippen LogP contribution in [0.4, 0.5) is 5.69 Å². The Labute approximate surface area is 190 Å². The second-order valence-electron chi connectivity index (χ2n) is 7.88. The number of piperidine rings is 1. The van der Waals surface area contributed by atoms with Crippen molar-refractivity contribution in [3.05, 3.63) is 63.7 Å². The van der Waals surface area contributed by atoms with Crippen LogP contribution in [0.5, 0.6) is 0 Å². The topological polar surface area (TPSA) is 53.1 Å². The number of carbonyl (C=O) groups is 2. The van der Waals surface area contributed by atoms with E-state index < -0.39 is 5.54 Å². The molecule has 0 aliphatic carbocycles. The van der Waals surface area contributed by atoms with Crippen LogP contribution in [0, 0.1) is 3.57 Å². The first-order valence-electron chi connectivity index (χ1n) is 10.2. The zero-order valence-electron chi connectivity index (χ0n) is 17.1. The molecule has 0 radical (unpaired) electrons. The maximum Gasteiger partial charge on any atom is 0.325 e. The predicted molar refractivity (Wildman–Crippen MR) is 124 cm³/mol. The first kappa shape index (κ1) is 21.1. The number of anilines is 1. The lowest BCUT2D eigenvalue weighted by molar-refractivity contribution is -0.146. The van der Waals surface area contributed by atoms with Crippen LogP contribution in [-0.4, -0.2) is 60.6 Å². The summed E-state index contributed by atoms with van der Waals surface area (Å²) in [5.41, 5.74) is 1.73. The average Bonchev–Trinajstić information content (AvgIpc) is 3.03. The molecule has 2 aliphatic heterocycles. The minimum Gasteiger partial charge on any atom is -0.468 e. The van der Waals surface area contributed by atoms with Gasteiger partial charge in [-0.2, -0.15) is 0 Å². The summed E-state index contributed by atoms with van der Waals surface area (Å²) in [4.78, 5) is 31.6. The molecule has 2 fully saturated rings. The molecule has 1 spiro atoms. The Morgan fingerprint density at radius 2 is 1.73 bits per heavy atom. The number of benzene rings is 2. The quantitative estimate of drug-likeness (QED) is 0.449. The second kappa shape index (κ2) is 8.93. The molecule has 0 saturated carbocycles. The largest absolute Gasteiger partial charge is 0.468 e. The van der Waals surface area contributed by atoms with Gasteiger partial charge in [0.2, 0.25) is 0 Å². The number of para-hydroxylation sites is 1. The van der Waals surface area contributed by atoms with E-state index in [9.17, 15) is 9.59 Å². The number of esters is 1. The Bertz CT molecular complexity index is 913. The molecule has 158 valence electrons. The third-order valence-electron chi connectivity index (χ3n) is 6.16. The highest BCUT2D eigenvalue weighted by Crippen LogP contribution is 2.39. The molecule has 0 bridgehead atoms. The van der Waals surface area contributed by atoms with Gasteiger partial charge in [0.25, 0.3) is 5.91 Å². The van der Waals surface area contributed by atoms with Crippen molar-refractivity contribution in [2.45, 2.75) is 24.9 Å². The molecule has 2 heterocycles. The highest BCUT2D eigenvalue weighted by atomic mass is 127. The highest BCUT2D eigenvalue weighted by molar-refractivity contribution is 14.1. The number of hydrogen-bond donors (Lipinski definition) is 0. The number of likely N-dealkylation sites (tertiary alicyclic amines) is 1. The van der Waals surface area contributed by atoms with Crippen molar-refractivity contribution in [2.75, 3.05) is 38.3 Å². The Morgan fingerprint density at radius 3 is 2.40 bits per heavy atom. The van der Waals surface area contributed by atoms with E-state index in [1.165, 1.54) is 16.2 Å². The van der Waals surface area contributed by atoms with Gasteiger partial charge >= 0.3 is 5.97 Å². The lowest BCUT2D eigenvalue weighted by atomic mass is 9.85. The van der Waals surface area contributed by atoms with E-state index in [1.807, 2.05) is 30.3 Å². The van der Waals surface area contributed by atoms with E-state index in [-0.39, 0.29) is 18.4 Å². The maximum atomic E-state index is 13.5. The van der Waals surface area contributed by atoms with E-state index in [4.69, 9.17) is 4.74 Å². The molecule has 4 rings (SSSR count). The summed E-state index contributed by atoms with van der Waals surface area (Å²) in [6, 6.07) is 18.5. The lowest BCUT2D eigenvalue weighted by Crippen LogP contribution is -2.56. The predicted octanol–water partition coefficient (Wildman–Crippen LogP) is 3.11. The maximum absolute atomic E-state index is 13.5. The molecule has 7 heteroatoms. The fourth-order valence-corrected chi connectivity index (χ4v) is 5.05. The molecule has 0 atom stereocenters. The normalized spacial score (nSPS) is 18.8. The molecule has 2 aliphatic rings. The summed E-state index contributed by atoms with van der Waals surface area (Å²) in [7, 11) is 1.36. The number of nitrogens with zero attached hydrogens (tertiary/aromatic N) is 3. The van der Waals surface area contributed by atoms with Crippen LogP contribution in [0.1, 0.15) is 18.4 Å². The standard InChI is InChI=1S/C23H26IN3O3/c1-30-21(28)16-26-17-27(19-8-3-2-4-9-19)23(22(26)29)11-13-25(14-12-23)15-18-7-5-6-10-20(18)24/h2-10H,11-17H2,1H3. The number of halogens is 1. The number of amides is 1. The zero-order chi connectivity index (χ0) is 21.1. The molecule has 2 aromatic rings. The van der Waals surface area contributed by atoms with Gasteiger partial charge in [-0.15, -0.1) is 0 Å². The summed E-state index contributed by atoms with van der Waals surface area (Å²) in [6.07, 6.45) is 1.48. The van der Waals surface area contributed by atoms with E-state index in [0.29, 0.717) is 6.67 Å². The van der Waals surface area contributed by atoms with E-state index in [2.05, 4.69) is 56.7 Å². The Hall–Kier alpha value is -2.13. The average molecular weight is 519 g/mol. The van der Waals surface area contributed by atoms with E-state index in [1.54, 1.807) is 4.90 Å². The molecule has 0 N–H and O–H groups in total. The monoisotopic (exact) mass is 519 g/mol. The molecule has 2 saturated heterocycles. The van der Waals surface area contributed by atoms with E-state index in [0.717, 1.165) is 38.2 Å². The van der Waals surface area contributed by atoms with Gasteiger partial charge in [0.05, 0.1) is 13.8 Å². The van der Waals surface area contributed by atoms with Crippen molar-refractivity contribution < 1.29 is 14.3 Å². The van der Waals surface area contributed by atoms with Crippen LogP contribution >= 0.6 is 22.6 Å². The van der Waals surface area contributed by atoms with Gasteiger partial charge in [0.15, 0.2) is 0 Å². The number of ether oxygens (including phenoxy) is 1. The molecule has 1 amide bonds. The third kappa shape index (κ3) is 4.05. The molecular weight excluding hydrogens is 493 g/mol. The smallest absolute Gasteiger partial charge is 0.325 e. The third-order valence-corrected chi connectivity index (χ3v) is 7.22. The summed E-state index contributed by atoms with van der Waals surface area (Å²) in [5, 5.41) is 0. The minimum absolute atomic E-state index is 0.00760. The van der Waals surface area contributed by atoms with Crippen LogP contribution in [0.25, 0.3) is 0 Å². The first-order valence-corrected chi connectivity index (χ1v) is 11.3. The summed E-state index contributed by atoms with van der Waals surface area (Å²) in [6.45, 7) is 2.97. The van der Waals surface area contributed by atoms with Crippen LogP contribution in [-0.2, 0) is 20.9 Å². The van der Waals surface area contributed by atoms with Gasteiger partial charge in [0.1, 0.15) is 12.1 Å². The number of methoxy groups -OCH3 is 1. The van der Waals surface area contributed by atoms with Gasteiger partial charge < -0.3 is 14.5 Å². The second-order valence-corrected chi connectivity index (χ2v) is 9.05. The molecule has 30 heavy (non-hydrogen) atoms. The van der Waals surface area contributed by atoms with Gasteiger partial charge in [-0.1, -0.05) is 36.4 Å². The lowest BCUT2D eigenvalue weighted by Gasteiger charge is -2.43. The van der Waals surface area contributed by atoms with Crippen LogP contribution < -0.4 is 4.90 Å². The first-order chi connectivity index (χ1) is 14.5. The SMILES string of the molecule is COC(=O)CN1CN(c2ccccc2)C2(CCN(Cc3ccccc3I)CC2)C1=O. The number of carbonyl (C=O) groups excluding carboxylic acids is 2. The molecule has 2 aromatic carbocycles. The van der Waals surface area contributed by atoms with Crippen LogP contribution in [0.15, 0.2) is 54.6 Å². The Balaban J connectivity index is 1.54. The Morgan fingerprint density at radius 1 is 1.07 bits per heavy atom. The fraction of sp³-hybridized carbons (Fsp3) is 0.391. The number of hydrogen-bond acceptors (Lipinski definition) is 5. The van der Waals surface area contributed by atoms with Crippen molar-refractivity contribution >= 4 is 40.2 Å². The summed E-state index contributed by atoms with van der Waals surface area (Å²) in [5.74, 6) is -0.352. The van der Waals surface area contributed by atoms with Gasteiger partial charge in [0, 0.05) is 28.9 Å². The molecule has 6 nitrogen and oxygen atoms in total. The van der Waals surface area contributed by atoms with Crippen molar-refractivity contribution in [3.8, 4) is 0 Å². The van der Waals surface area contributed by atoms with Gasteiger partial charge in [-0.05, 0) is 59.2 Å². The minimum atomic E-state index is -0.601. The van der Waals surface area contributed by atoms with Crippen LogP contribution in [0.3, 0.4) is 0 Å². The number of rotatable bonds is 5. The van der Waals surface area contributed by atoms with E-state index >= 15 is 0 Å². The van der Waals surface area contributed by atoms with Gasteiger partial charge in [-0.25, -0.2) is 0 Å². The fourth-order valence-electron chi connectivity index (χ4n) is 4.49. The molecule has 0 unspecified atom stereocenters. The molecular formula is C23H26IN3O3. The summed E-state index contributed by atoms with van der Waals surface area (Å²) >= 11 is 2.38.